The van der Waals surface area contributed by atoms with Crippen molar-refractivity contribution in [3.63, 3.8) is 0 Å². The maximum atomic E-state index is 12.2. The Bertz CT molecular complexity index is 1890. The van der Waals surface area contributed by atoms with Gasteiger partial charge in [-0.25, -0.2) is 9.59 Å². The largest absolute Gasteiger partial charge is 0.495 e. The SMILES string of the molecule is CCC.CNC(=O)CC[C@]1(C)OC1[C@H](C)C1CC(C/C=C/C=C(\C)Cc2ccc(Cl)c(OC)c2)NC(=O)O1.C[C@@H](C(=O)O)N(C)C(=O)CCSC1CC(=O)N(C)C1=O.NC(=O)C1CCCCC1. The Hall–Kier alpha value is -4.61. The van der Waals surface area contributed by atoms with Gasteiger partial charge in [0.05, 0.1) is 29.1 Å². The number of cyclic esters (lactones) is 1. The highest BCUT2D eigenvalue weighted by Crippen LogP contribution is 2.47. The van der Waals surface area contributed by atoms with Crippen LogP contribution in [0, 0.1) is 11.8 Å². The molecule has 1 aromatic carbocycles. The number of hydrogen-bond acceptors (Lipinski definition) is 11. The first-order valence-corrected chi connectivity index (χ1v) is 24.7. The lowest BCUT2D eigenvalue weighted by atomic mass is 9.86. The number of ether oxygens (including phenoxy) is 3. The minimum Gasteiger partial charge on any atom is -0.495 e. The molecule has 0 spiro atoms. The smallest absolute Gasteiger partial charge is 0.407 e. The number of imide groups is 1. The number of carboxylic acids is 1. The maximum Gasteiger partial charge on any atom is 0.407 e. The van der Waals surface area contributed by atoms with Gasteiger partial charge in [0.15, 0.2) is 0 Å². The van der Waals surface area contributed by atoms with Crippen LogP contribution in [0.1, 0.15) is 124 Å². The first kappa shape index (κ1) is 58.5. The van der Waals surface area contributed by atoms with E-state index >= 15 is 0 Å². The Morgan fingerprint density at radius 3 is 2.34 bits per heavy atom. The highest BCUT2D eigenvalue weighted by Gasteiger charge is 2.57. The summed E-state index contributed by atoms with van der Waals surface area (Å²) in [4.78, 5) is 82.1. The zero-order chi connectivity index (χ0) is 50.4. The predicted molar refractivity (Wildman–Crippen MR) is 262 cm³/mol. The third kappa shape index (κ3) is 19.9. The molecule has 0 radical (unpaired) electrons. The van der Waals surface area contributed by atoms with Gasteiger partial charge >= 0.3 is 12.1 Å². The fourth-order valence-electron chi connectivity index (χ4n) is 7.76. The summed E-state index contributed by atoms with van der Waals surface area (Å²) in [5.41, 5.74) is 7.12. The average Bonchev–Trinajstić information content (AvgIpc) is 3.92. The van der Waals surface area contributed by atoms with E-state index in [0.717, 1.165) is 47.5 Å². The van der Waals surface area contributed by atoms with Gasteiger partial charge < -0.3 is 40.6 Å². The van der Waals surface area contributed by atoms with Crippen molar-refractivity contribution in [2.24, 2.45) is 17.6 Å². The van der Waals surface area contributed by atoms with E-state index in [1.807, 2.05) is 31.2 Å². The number of alkyl carbamates (subject to hydrolysis) is 1. The number of methoxy groups -OCH3 is 1. The van der Waals surface area contributed by atoms with Crippen molar-refractivity contribution in [1.82, 2.24) is 20.4 Å². The van der Waals surface area contributed by atoms with Crippen molar-refractivity contribution >= 4 is 65.0 Å². The van der Waals surface area contributed by atoms with Crippen molar-refractivity contribution < 1.29 is 52.9 Å². The summed E-state index contributed by atoms with van der Waals surface area (Å²) < 4.78 is 16.8. The molecule has 5 rings (SSSR count). The molecular weight excluding hydrogens is 902 g/mol. The van der Waals surface area contributed by atoms with Crippen molar-refractivity contribution in [1.29, 1.82) is 0 Å². The van der Waals surface area contributed by atoms with E-state index in [1.54, 1.807) is 14.2 Å². The molecule has 3 heterocycles. The van der Waals surface area contributed by atoms with Crippen LogP contribution in [0.5, 0.6) is 5.75 Å². The first-order chi connectivity index (χ1) is 31.6. The highest BCUT2D eigenvalue weighted by molar-refractivity contribution is 8.00. The number of allylic oxidation sites excluding steroid dienone is 3. The number of carbonyl (C=O) groups is 7. The summed E-state index contributed by atoms with van der Waals surface area (Å²) in [7, 11) is 6.12. The molecule has 1 aromatic rings. The lowest BCUT2D eigenvalue weighted by Gasteiger charge is -2.33. The number of amides is 6. The molecule has 5 N–H and O–H groups in total. The van der Waals surface area contributed by atoms with Crippen LogP contribution in [0.2, 0.25) is 5.02 Å². The molecule has 67 heavy (non-hydrogen) atoms. The summed E-state index contributed by atoms with van der Waals surface area (Å²) in [6, 6.07) is 4.92. The van der Waals surface area contributed by atoms with Crippen molar-refractivity contribution in [3.8, 4) is 5.75 Å². The van der Waals surface area contributed by atoms with Crippen molar-refractivity contribution in [3.05, 3.63) is 52.6 Å². The van der Waals surface area contributed by atoms with Crippen LogP contribution in [0.3, 0.4) is 0 Å². The third-order valence-electron chi connectivity index (χ3n) is 12.2. The molecule has 18 heteroatoms. The number of likely N-dealkylation sites (N-methyl/N-ethyl adjacent to an activating group) is 1. The molecule has 3 saturated heterocycles. The zero-order valence-corrected chi connectivity index (χ0v) is 42.8. The van der Waals surface area contributed by atoms with Gasteiger partial charge in [-0.2, -0.15) is 0 Å². The number of rotatable bonds is 18. The van der Waals surface area contributed by atoms with Gasteiger partial charge in [-0.15, -0.1) is 11.8 Å². The van der Waals surface area contributed by atoms with E-state index in [4.69, 9.17) is 36.7 Å². The van der Waals surface area contributed by atoms with E-state index < -0.39 is 17.3 Å². The van der Waals surface area contributed by atoms with Crippen molar-refractivity contribution in [2.45, 2.75) is 160 Å². The number of epoxide rings is 1. The van der Waals surface area contributed by atoms with Crippen LogP contribution in [0.15, 0.2) is 42.0 Å². The molecule has 1 saturated carbocycles. The number of primary amides is 1. The number of thioether (sulfide) groups is 1. The number of nitrogens with zero attached hydrogens (tertiary/aromatic N) is 2. The molecule has 0 bridgehead atoms. The summed E-state index contributed by atoms with van der Waals surface area (Å²) in [5, 5.41) is 14.5. The van der Waals surface area contributed by atoms with Gasteiger partial charge in [0.1, 0.15) is 17.9 Å². The van der Waals surface area contributed by atoms with Gasteiger partial charge in [-0.3, -0.25) is 28.9 Å². The Morgan fingerprint density at radius 2 is 1.79 bits per heavy atom. The van der Waals surface area contributed by atoms with Gasteiger partial charge in [-0.1, -0.05) is 87.9 Å². The number of benzene rings is 1. The van der Waals surface area contributed by atoms with Gasteiger partial charge in [0.25, 0.3) is 0 Å². The van der Waals surface area contributed by atoms with E-state index in [9.17, 15) is 33.6 Å². The quantitative estimate of drug-likeness (QED) is 0.0649. The number of carboxylic acid groups (broad SMARTS) is 1. The maximum absolute atomic E-state index is 12.2. The van der Waals surface area contributed by atoms with E-state index in [2.05, 4.69) is 50.5 Å². The van der Waals surface area contributed by atoms with Crippen LogP contribution >= 0.6 is 23.4 Å². The molecule has 16 nitrogen and oxygen atoms in total. The van der Waals surface area contributed by atoms with Crippen LogP contribution in [0.25, 0.3) is 0 Å². The molecule has 1 aliphatic carbocycles. The number of aliphatic carboxylic acids is 1. The third-order valence-corrected chi connectivity index (χ3v) is 13.7. The standard InChI is InChI=1S/C27H37ClN2O5.C12H18N2O5S.C7H13NO.C3H8/c1-17(14-19-10-11-21(28)23(15-19)33-5)8-6-7-9-20-16-22(34-26(32)30-20)18(2)25-27(3,35-25)13-12-24(31)29-4;1-7(12(18)19)13(2)9(15)4-5-20-8-6-10(16)14(3)11(8)17;8-7(9)6-4-2-1-3-5-6;1-3-2/h6-8,10-11,15,18,20,22,25H,9,12-14,16H2,1-5H3,(H,29,31)(H,30,32);7-8H,4-6H2,1-3H3,(H,18,19);6H,1-5H2,(H2,8,9);3H2,1-2H3/b7-6+,17-8+;;;/t18-,20?,22?,25?,27+;7-,8?;;/m10../s1. The zero-order valence-electron chi connectivity index (χ0n) is 41.2. The lowest BCUT2D eigenvalue weighted by molar-refractivity contribution is -0.148. The van der Waals surface area contributed by atoms with Gasteiger partial charge in [0.2, 0.25) is 29.5 Å². The van der Waals surface area contributed by atoms with E-state index in [-0.39, 0.29) is 84.2 Å². The topological polar surface area (TPSA) is 227 Å². The molecule has 4 fully saturated rings. The number of nitrogens with two attached hydrogens (primary N) is 1. The van der Waals surface area contributed by atoms with Crippen LogP contribution in [0.4, 0.5) is 4.79 Å². The predicted octanol–water partition coefficient (Wildman–Crippen LogP) is 7.24. The molecule has 3 aliphatic heterocycles. The Kier molecular flexibility index (Phi) is 25.6. The Morgan fingerprint density at radius 1 is 1.13 bits per heavy atom. The van der Waals surface area contributed by atoms with Gasteiger partial charge in [0, 0.05) is 70.5 Å². The minimum absolute atomic E-state index is 0.00468. The summed E-state index contributed by atoms with van der Waals surface area (Å²) in [6.45, 7) is 11.8. The fourth-order valence-corrected chi connectivity index (χ4v) is 9.09. The first-order valence-electron chi connectivity index (χ1n) is 23.3. The summed E-state index contributed by atoms with van der Waals surface area (Å²) in [6.07, 6.45) is 16.1. The number of likely N-dealkylation sites (tertiary alicyclic amines) is 1. The van der Waals surface area contributed by atoms with Crippen molar-refractivity contribution in [2.75, 3.05) is 34.0 Å². The minimum atomic E-state index is -1.06. The molecule has 376 valence electrons. The number of hydrogen-bond donors (Lipinski definition) is 4. The molecule has 6 amide bonds. The second kappa shape index (κ2) is 29.3. The Labute approximate surface area is 406 Å². The number of carbonyl (C=O) groups excluding carboxylic acids is 6. The summed E-state index contributed by atoms with van der Waals surface area (Å²) in [5.74, 6) is -0.596. The summed E-state index contributed by atoms with van der Waals surface area (Å²) >= 11 is 7.36. The van der Waals surface area contributed by atoms with E-state index in [0.29, 0.717) is 29.4 Å². The molecular formula is C49H76ClN5O11S. The van der Waals surface area contributed by atoms with Crippen LogP contribution < -0.4 is 21.1 Å². The van der Waals surface area contributed by atoms with Crippen LogP contribution in [-0.2, 0) is 44.7 Å². The number of nitrogens with one attached hydrogen (secondary N) is 2. The molecule has 7 atom stereocenters. The average molecular weight is 979 g/mol. The lowest BCUT2D eigenvalue weighted by Crippen LogP contribution is -2.48. The second-order valence-corrected chi connectivity index (χ2v) is 19.5. The van der Waals surface area contributed by atoms with E-state index in [1.165, 1.54) is 64.0 Å². The second-order valence-electron chi connectivity index (χ2n) is 17.8. The van der Waals surface area contributed by atoms with Gasteiger partial charge in [-0.05, 0) is 70.6 Å². The monoisotopic (exact) mass is 977 g/mol. The van der Waals surface area contributed by atoms with Crippen LogP contribution in [-0.4, -0.2) is 126 Å². The normalized spacial score (nSPS) is 23.4. The Balaban J connectivity index is 0.000000401. The highest BCUT2D eigenvalue weighted by atomic mass is 35.5. The molecule has 0 aromatic heterocycles. The fraction of sp³-hybridized carbons (Fsp3) is 0.653. The number of halogens is 1. The molecule has 4 aliphatic rings. The molecule has 4 unspecified atom stereocenters.